The van der Waals surface area contributed by atoms with Crippen LogP contribution in [0.4, 0.5) is 10.5 Å². The zero-order valence-electron chi connectivity index (χ0n) is 10.1. The summed E-state index contributed by atoms with van der Waals surface area (Å²) < 4.78 is 4.97. The largest absolute Gasteiger partial charge is 0.507 e. The van der Waals surface area contributed by atoms with Gasteiger partial charge in [-0.3, -0.25) is 5.32 Å². The first kappa shape index (κ1) is 13.8. The van der Waals surface area contributed by atoms with Crippen molar-refractivity contribution in [1.82, 2.24) is 0 Å². The Morgan fingerprint density at radius 2 is 2.11 bits per heavy atom. The van der Waals surface area contributed by atoms with Crippen molar-refractivity contribution in [2.75, 3.05) is 5.32 Å². The molecule has 0 aromatic heterocycles. The quantitative estimate of drug-likeness (QED) is 0.716. The molecular weight excluding hydrogens is 238 g/mol. The molecule has 3 N–H and O–H groups in total. The van der Waals surface area contributed by atoms with Gasteiger partial charge in [-0.25, -0.2) is 9.59 Å². The van der Waals surface area contributed by atoms with E-state index >= 15 is 0 Å². The highest BCUT2D eigenvalue weighted by molar-refractivity contribution is 5.93. The van der Waals surface area contributed by atoms with Crippen molar-refractivity contribution in [1.29, 1.82) is 0 Å². The number of carboxylic acid groups (broad SMARTS) is 1. The molecule has 0 bridgehead atoms. The molecule has 1 aromatic rings. The number of rotatable bonds is 4. The lowest BCUT2D eigenvalue weighted by molar-refractivity contribution is 0.0693. The minimum Gasteiger partial charge on any atom is -0.507 e. The number of carboxylic acids is 1. The second-order valence-electron chi connectivity index (χ2n) is 3.79. The maximum atomic E-state index is 11.4. The van der Waals surface area contributed by atoms with E-state index in [-0.39, 0.29) is 23.1 Å². The van der Waals surface area contributed by atoms with Gasteiger partial charge in [0.1, 0.15) is 17.4 Å². The van der Waals surface area contributed by atoms with Crippen LogP contribution in [-0.4, -0.2) is 28.4 Å². The van der Waals surface area contributed by atoms with Gasteiger partial charge < -0.3 is 14.9 Å². The van der Waals surface area contributed by atoms with Crippen molar-refractivity contribution < 1.29 is 24.5 Å². The van der Waals surface area contributed by atoms with Crippen molar-refractivity contribution in [3.05, 3.63) is 23.8 Å². The van der Waals surface area contributed by atoms with Crippen molar-refractivity contribution in [2.24, 2.45) is 0 Å². The average Bonchev–Trinajstić information content (AvgIpc) is 2.31. The molecule has 1 aromatic carbocycles. The molecule has 0 heterocycles. The zero-order valence-corrected chi connectivity index (χ0v) is 10.1. The van der Waals surface area contributed by atoms with Gasteiger partial charge in [-0.05, 0) is 31.5 Å². The van der Waals surface area contributed by atoms with Crippen LogP contribution in [0.1, 0.15) is 30.6 Å². The topological polar surface area (TPSA) is 95.9 Å². The Bertz CT molecular complexity index is 458. The number of aromatic hydroxyl groups is 1. The SMILES string of the molecule is CCC(C)OC(=O)Nc1ccc(O)c(C(=O)O)c1. The number of hydrogen-bond donors (Lipinski definition) is 3. The first-order chi connectivity index (χ1) is 8.43. The lowest BCUT2D eigenvalue weighted by Crippen LogP contribution is -2.19. The Morgan fingerprint density at radius 1 is 1.44 bits per heavy atom. The first-order valence-electron chi connectivity index (χ1n) is 5.48. The van der Waals surface area contributed by atoms with Gasteiger partial charge in [-0.1, -0.05) is 6.92 Å². The zero-order chi connectivity index (χ0) is 13.7. The number of carbonyl (C=O) groups is 2. The van der Waals surface area contributed by atoms with Crippen molar-refractivity contribution in [2.45, 2.75) is 26.4 Å². The summed E-state index contributed by atoms with van der Waals surface area (Å²) in [6, 6.07) is 3.75. The molecular formula is C12H15NO5. The highest BCUT2D eigenvalue weighted by Gasteiger charge is 2.12. The van der Waals surface area contributed by atoms with Gasteiger partial charge in [-0.15, -0.1) is 0 Å². The molecule has 1 atom stereocenters. The fourth-order valence-electron chi connectivity index (χ4n) is 1.20. The summed E-state index contributed by atoms with van der Waals surface area (Å²) in [6.07, 6.45) is -0.198. The van der Waals surface area contributed by atoms with Crippen LogP contribution in [0.15, 0.2) is 18.2 Å². The van der Waals surface area contributed by atoms with E-state index in [1.165, 1.54) is 12.1 Å². The van der Waals surface area contributed by atoms with Crippen LogP contribution < -0.4 is 5.32 Å². The molecule has 0 saturated heterocycles. The number of ether oxygens (including phenoxy) is 1. The third-order valence-corrected chi connectivity index (χ3v) is 2.36. The fourth-order valence-corrected chi connectivity index (χ4v) is 1.20. The summed E-state index contributed by atoms with van der Waals surface area (Å²) in [5.41, 5.74) is -0.0326. The Labute approximate surface area is 104 Å². The van der Waals surface area contributed by atoms with Gasteiger partial charge in [-0.2, -0.15) is 0 Å². The van der Waals surface area contributed by atoms with Crippen LogP contribution in [0.5, 0.6) is 5.75 Å². The van der Waals surface area contributed by atoms with Crippen LogP contribution in [-0.2, 0) is 4.74 Å². The minimum absolute atomic E-state index is 0.221. The number of amides is 1. The van der Waals surface area contributed by atoms with Gasteiger partial charge in [0.15, 0.2) is 0 Å². The van der Waals surface area contributed by atoms with E-state index in [1.807, 2.05) is 6.92 Å². The first-order valence-corrected chi connectivity index (χ1v) is 5.48. The van der Waals surface area contributed by atoms with Crippen molar-refractivity contribution in [3.8, 4) is 5.75 Å². The summed E-state index contributed by atoms with van der Waals surface area (Å²) in [6.45, 7) is 3.63. The third-order valence-electron chi connectivity index (χ3n) is 2.36. The van der Waals surface area contributed by atoms with Crippen LogP contribution >= 0.6 is 0 Å². The molecule has 0 aliphatic heterocycles. The smallest absolute Gasteiger partial charge is 0.411 e. The van der Waals surface area contributed by atoms with E-state index in [9.17, 15) is 14.7 Å². The molecule has 98 valence electrons. The maximum absolute atomic E-state index is 11.4. The number of benzene rings is 1. The number of anilines is 1. The predicted molar refractivity (Wildman–Crippen MR) is 64.9 cm³/mol. The van der Waals surface area contributed by atoms with Crippen molar-refractivity contribution >= 4 is 17.7 Å². The van der Waals surface area contributed by atoms with Gasteiger partial charge in [0.05, 0.1) is 0 Å². The third kappa shape index (κ3) is 3.65. The van der Waals surface area contributed by atoms with E-state index in [0.717, 1.165) is 6.07 Å². The fraction of sp³-hybridized carbons (Fsp3) is 0.333. The summed E-state index contributed by atoms with van der Waals surface area (Å²) >= 11 is 0. The minimum atomic E-state index is -1.27. The van der Waals surface area contributed by atoms with Gasteiger partial charge in [0, 0.05) is 5.69 Å². The molecule has 6 heteroatoms. The lowest BCUT2D eigenvalue weighted by Gasteiger charge is -2.12. The Hall–Kier alpha value is -2.24. The summed E-state index contributed by atoms with van der Waals surface area (Å²) in [5.74, 6) is -1.63. The highest BCUT2D eigenvalue weighted by Crippen LogP contribution is 2.21. The lowest BCUT2D eigenvalue weighted by atomic mass is 10.2. The molecule has 1 unspecified atom stereocenters. The van der Waals surface area contributed by atoms with E-state index in [0.29, 0.717) is 6.42 Å². The molecule has 6 nitrogen and oxygen atoms in total. The number of phenols is 1. The Morgan fingerprint density at radius 3 is 2.67 bits per heavy atom. The molecule has 18 heavy (non-hydrogen) atoms. The van der Waals surface area contributed by atoms with E-state index in [1.54, 1.807) is 6.92 Å². The molecule has 0 spiro atoms. The standard InChI is InChI=1S/C12H15NO5/c1-3-7(2)18-12(17)13-8-4-5-10(14)9(6-8)11(15)16/h4-7,14H,3H2,1-2H3,(H,13,17)(H,15,16). The molecule has 0 radical (unpaired) electrons. The van der Waals surface area contributed by atoms with E-state index in [2.05, 4.69) is 5.32 Å². The van der Waals surface area contributed by atoms with Gasteiger partial charge >= 0.3 is 12.1 Å². The number of carbonyl (C=O) groups excluding carboxylic acids is 1. The summed E-state index contributed by atoms with van der Waals surface area (Å²) in [7, 11) is 0. The molecule has 0 saturated carbocycles. The monoisotopic (exact) mass is 253 g/mol. The van der Waals surface area contributed by atoms with Crippen LogP contribution in [0, 0.1) is 0 Å². The molecule has 0 fully saturated rings. The number of hydrogen-bond acceptors (Lipinski definition) is 4. The molecule has 1 amide bonds. The normalized spacial score (nSPS) is 11.7. The average molecular weight is 253 g/mol. The molecule has 0 aliphatic carbocycles. The van der Waals surface area contributed by atoms with Gasteiger partial charge in [0.25, 0.3) is 0 Å². The predicted octanol–water partition coefficient (Wildman–Crippen LogP) is 2.44. The Balaban J connectivity index is 2.76. The second kappa shape index (κ2) is 5.90. The van der Waals surface area contributed by atoms with Crippen LogP contribution in [0.3, 0.4) is 0 Å². The number of aromatic carboxylic acids is 1. The van der Waals surface area contributed by atoms with E-state index in [4.69, 9.17) is 9.84 Å². The summed E-state index contributed by atoms with van der Waals surface area (Å²) in [5, 5.41) is 20.5. The molecule has 0 aliphatic rings. The highest BCUT2D eigenvalue weighted by atomic mass is 16.6. The van der Waals surface area contributed by atoms with Gasteiger partial charge in [0.2, 0.25) is 0 Å². The number of nitrogens with one attached hydrogen (secondary N) is 1. The van der Waals surface area contributed by atoms with Crippen molar-refractivity contribution in [3.63, 3.8) is 0 Å². The Kier molecular flexibility index (Phi) is 4.53. The summed E-state index contributed by atoms with van der Waals surface area (Å²) in [4.78, 5) is 22.2. The van der Waals surface area contributed by atoms with Crippen LogP contribution in [0.25, 0.3) is 0 Å². The maximum Gasteiger partial charge on any atom is 0.411 e. The second-order valence-corrected chi connectivity index (χ2v) is 3.79. The molecule has 1 rings (SSSR count). The van der Waals surface area contributed by atoms with Crippen LogP contribution in [0.2, 0.25) is 0 Å². The van der Waals surface area contributed by atoms with E-state index < -0.39 is 12.1 Å².